The fourth-order valence-electron chi connectivity index (χ4n) is 3.48. The number of nitrogens with two attached hydrogens (primary N) is 1. The predicted octanol–water partition coefficient (Wildman–Crippen LogP) is 3.43. The first kappa shape index (κ1) is 20.7. The summed E-state index contributed by atoms with van der Waals surface area (Å²) in [6.45, 7) is 8.41. The zero-order valence-corrected chi connectivity index (χ0v) is 16.8. The summed E-state index contributed by atoms with van der Waals surface area (Å²) in [6.07, 6.45) is 6.48. The van der Waals surface area contributed by atoms with Crippen molar-refractivity contribution in [2.24, 2.45) is 5.73 Å². The van der Waals surface area contributed by atoms with Crippen LogP contribution in [0.15, 0.2) is 42.1 Å². The second-order valence-electron chi connectivity index (χ2n) is 8.48. The van der Waals surface area contributed by atoms with Crippen molar-refractivity contribution in [2.45, 2.75) is 63.5 Å². The van der Waals surface area contributed by atoms with Gasteiger partial charge < -0.3 is 15.0 Å². The Morgan fingerprint density at radius 2 is 1.86 bits per heavy atom. The maximum atomic E-state index is 14.4. The lowest BCUT2D eigenvalue weighted by atomic mass is 9.51. The number of alkyl halides is 2. The van der Waals surface area contributed by atoms with Crippen LogP contribution in [-0.4, -0.2) is 29.2 Å². The Morgan fingerprint density at radius 3 is 2.32 bits per heavy atom. The van der Waals surface area contributed by atoms with Gasteiger partial charge in [0.2, 0.25) is 5.91 Å². The monoisotopic (exact) mass is 390 g/mol. The first-order chi connectivity index (χ1) is 12.8. The lowest BCUT2D eigenvalue weighted by Crippen LogP contribution is -2.47. The van der Waals surface area contributed by atoms with E-state index >= 15 is 0 Å². The number of halogens is 2. The normalized spacial score (nSPS) is 26.2. The van der Waals surface area contributed by atoms with Crippen molar-refractivity contribution < 1.29 is 22.9 Å². The Balaban J connectivity index is 2.17. The van der Waals surface area contributed by atoms with Gasteiger partial charge in [0, 0.05) is 24.3 Å². The highest BCUT2D eigenvalue weighted by atomic mass is 19.3. The molecule has 1 saturated heterocycles. The molecule has 1 aliphatic heterocycles. The smallest absolute Gasteiger partial charge is 0.402 e. The van der Waals surface area contributed by atoms with Crippen LogP contribution in [0.1, 0.15) is 52.3 Å². The molecule has 1 unspecified atom stereocenters. The third-order valence-electron chi connectivity index (χ3n) is 5.90. The summed E-state index contributed by atoms with van der Waals surface area (Å²) in [6, 6.07) is 2.84. The maximum Gasteiger partial charge on any atom is 0.475 e. The topological polar surface area (TPSA) is 74.4 Å². The van der Waals surface area contributed by atoms with Crippen LogP contribution in [0.5, 0.6) is 0 Å². The standard InChI is InChI=1S/C20H25BF2N2O3/c1-17(2)18(3,4)28-21(27-17)20(10-8-13(9-11-20)16(24)26)15-14(19(5,22)23)7-6-12-25-15/h6-10,12H,11H2,1-5H3,(H2,24,26). The van der Waals surface area contributed by atoms with Crippen molar-refractivity contribution in [1.82, 2.24) is 4.98 Å². The summed E-state index contributed by atoms with van der Waals surface area (Å²) < 4.78 is 41.2. The summed E-state index contributed by atoms with van der Waals surface area (Å²) in [5.74, 6) is -3.69. The molecular formula is C20H25BF2N2O3. The van der Waals surface area contributed by atoms with Gasteiger partial charge in [-0.15, -0.1) is 0 Å². The van der Waals surface area contributed by atoms with Gasteiger partial charge in [0.15, 0.2) is 0 Å². The Morgan fingerprint density at radius 1 is 1.25 bits per heavy atom. The highest BCUT2D eigenvalue weighted by molar-refractivity contribution is 6.50. The van der Waals surface area contributed by atoms with E-state index in [9.17, 15) is 13.6 Å². The number of allylic oxidation sites excluding steroid dienone is 2. The molecule has 1 atom stereocenters. The van der Waals surface area contributed by atoms with Crippen molar-refractivity contribution in [3.63, 3.8) is 0 Å². The van der Waals surface area contributed by atoms with E-state index in [0.29, 0.717) is 5.57 Å². The second kappa shape index (κ2) is 6.49. The number of nitrogens with zero attached hydrogens (tertiary/aromatic N) is 1. The molecule has 1 aromatic heterocycles. The summed E-state index contributed by atoms with van der Waals surface area (Å²) >= 11 is 0. The van der Waals surface area contributed by atoms with Gasteiger partial charge in [-0.05, 0) is 46.2 Å². The quantitative estimate of drug-likeness (QED) is 0.800. The Bertz CT molecular complexity index is 845. The summed E-state index contributed by atoms with van der Waals surface area (Å²) in [4.78, 5) is 15.9. The van der Waals surface area contributed by atoms with E-state index in [1.54, 1.807) is 12.2 Å². The summed E-state index contributed by atoms with van der Waals surface area (Å²) in [5.41, 5.74) is 4.34. The molecule has 2 N–H and O–H groups in total. The molecule has 0 bridgehead atoms. The number of carbonyl (C=O) groups excluding carboxylic acids is 1. The number of hydrogen-bond acceptors (Lipinski definition) is 4. The van der Waals surface area contributed by atoms with Gasteiger partial charge in [0.1, 0.15) is 0 Å². The average molecular weight is 390 g/mol. The summed E-state index contributed by atoms with van der Waals surface area (Å²) in [7, 11) is -0.865. The van der Waals surface area contributed by atoms with Gasteiger partial charge in [-0.2, -0.15) is 0 Å². The number of aromatic nitrogens is 1. The van der Waals surface area contributed by atoms with Crippen LogP contribution in [0.25, 0.3) is 0 Å². The molecule has 0 saturated carbocycles. The van der Waals surface area contributed by atoms with Crippen LogP contribution in [0.3, 0.4) is 0 Å². The zero-order valence-electron chi connectivity index (χ0n) is 16.8. The van der Waals surface area contributed by atoms with E-state index in [4.69, 9.17) is 15.0 Å². The number of carbonyl (C=O) groups is 1. The molecule has 1 amide bonds. The van der Waals surface area contributed by atoms with Gasteiger partial charge in [-0.1, -0.05) is 18.2 Å². The van der Waals surface area contributed by atoms with E-state index in [-0.39, 0.29) is 17.7 Å². The molecule has 0 spiro atoms. The first-order valence-corrected chi connectivity index (χ1v) is 9.19. The highest BCUT2D eigenvalue weighted by Crippen LogP contribution is 2.48. The molecule has 150 valence electrons. The fraction of sp³-hybridized carbons (Fsp3) is 0.500. The lowest BCUT2D eigenvalue weighted by molar-refractivity contribution is -0.114. The van der Waals surface area contributed by atoms with E-state index in [0.717, 1.165) is 6.92 Å². The molecule has 5 nitrogen and oxygen atoms in total. The third-order valence-corrected chi connectivity index (χ3v) is 5.90. The van der Waals surface area contributed by atoms with Crippen molar-refractivity contribution in [3.05, 3.63) is 53.4 Å². The van der Waals surface area contributed by atoms with Gasteiger partial charge in [0.05, 0.1) is 22.2 Å². The third kappa shape index (κ3) is 3.29. The Hall–Kier alpha value is -2.06. The molecule has 3 rings (SSSR count). The second-order valence-corrected chi connectivity index (χ2v) is 8.48. The summed E-state index contributed by atoms with van der Waals surface area (Å²) in [5, 5.41) is -1.12. The van der Waals surface area contributed by atoms with E-state index in [1.807, 2.05) is 27.7 Å². The van der Waals surface area contributed by atoms with Gasteiger partial charge in [0.25, 0.3) is 5.92 Å². The molecule has 28 heavy (non-hydrogen) atoms. The largest absolute Gasteiger partial charge is 0.475 e. The minimum Gasteiger partial charge on any atom is -0.402 e. The molecule has 8 heteroatoms. The van der Waals surface area contributed by atoms with Crippen molar-refractivity contribution in [1.29, 1.82) is 0 Å². The van der Waals surface area contributed by atoms with E-state index < -0.39 is 35.5 Å². The molecule has 1 aliphatic carbocycles. The van der Waals surface area contributed by atoms with Crippen molar-refractivity contribution >= 4 is 13.0 Å². The van der Waals surface area contributed by atoms with E-state index in [2.05, 4.69) is 4.98 Å². The first-order valence-electron chi connectivity index (χ1n) is 9.19. The van der Waals surface area contributed by atoms with Crippen LogP contribution < -0.4 is 5.73 Å². The Kier molecular flexibility index (Phi) is 4.79. The van der Waals surface area contributed by atoms with Gasteiger partial charge in [-0.25, -0.2) is 8.78 Å². The molecule has 2 heterocycles. The molecular weight excluding hydrogens is 365 g/mol. The minimum absolute atomic E-state index is 0.164. The van der Waals surface area contributed by atoms with Crippen LogP contribution in [0, 0.1) is 0 Å². The zero-order chi connectivity index (χ0) is 21.0. The molecule has 2 aliphatic rings. The van der Waals surface area contributed by atoms with Gasteiger partial charge in [-0.3, -0.25) is 9.78 Å². The Labute approximate surface area is 164 Å². The maximum absolute atomic E-state index is 14.4. The highest BCUT2D eigenvalue weighted by Gasteiger charge is 2.61. The van der Waals surface area contributed by atoms with E-state index in [1.165, 1.54) is 24.4 Å². The molecule has 1 aromatic rings. The molecule has 1 fully saturated rings. The SMILES string of the molecule is CC(F)(F)c1cccnc1C1(B2OC(C)(C)C(C)(C)O2)C=CC(C(N)=O)=CC1. The number of rotatable bonds is 4. The average Bonchev–Trinajstić information content (AvgIpc) is 2.82. The van der Waals surface area contributed by atoms with Crippen LogP contribution in [-0.2, 0) is 25.3 Å². The van der Waals surface area contributed by atoms with Gasteiger partial charge >= 0.3 is 7.12 Å². The van der Waals surface area contributed by atoms with Crippen LogP contribution in [0.4, 0.5) is 8.78 Å². The number of hydrogen-bond donors (Lipinski definition) is 1. The number of primary amides is 1. The number of amides is 1. The lowest BCUT2D eigenvalue weighted by Gasteiger charge is -2.35. The number of pyridine rings is 1. The predicted molar refractivity (Wildman–Crippen MR) is 103 cm³/mol. The van der Waals surface area contributed by atoms with Crippen LogP contribution in [0.2, 0.25) is 0 Å². The molecule has 0 radical (unpaired) electrons. The van der Waals surface area contributed by atoms with Crippen LogP contribution >= 0.6 is 0 Å². The van der Waals surface area contributed by atoms with Crippen molar-refractivity contribution in [2.75, 3.05) is 0 Å². The fourth-order valence-corrected chi connectivity index (χ4v) is 3.48. The minimum atomic E-state index is -3.11. The van der Waals surface area contributed by atoms with Crippen molar-refractivity contribution in [3.8, 4) is 0 Å². The molecule has 0 aromatic carbocycles.